The van der Waals surface area contributed by atoms with Gasteiger partial charge in [0.1, 0.15) is 0 Å². The summed E-state index contributed by atoms with van der Waals surface area (Å²) in [5.74, 6) is 0. The fraction of sp³-hybridized carbons (Fsp3) is 0. The maximum Gasteiger partial charge on any atom is 0.0620 e. The van der Waals surface area contributed by atoms with Gasteiger partial charge in [-0.15, -0.1) is 0 Å². The molecular formula is C62H37N3. The molecular weight excluding hydrogens is 787 g/mol. The van der Waals surface area contributed by atoms with Crippen molar-refractivity contribution in [1.29, 1.82) is 0 Å². The van der Waals surface area contributed by atoms with Crippen molar-refractivity contribution < 1.29 is 0 Å². The summed E-state index contributed by atoms with van der Waals surface area (Å²) < 4.78 is 7.34. The van der Waals surface area contributed by atoms with Crippen molar-refractivity contribution >= 4 is 103 Å². The van der Waals surface area contributed by atoms with E-state index in [4.69, 9.17) is 0 Å². The molecule has 0 spiro atoms. The molecule has 3 nitrogen and oxygen atoms in total. The summed E-state index contributed by atoms with van der Waals surface area (Å²) in [6.45, 7) is 0. The first kappa shape index (κ1) is 34.9. The largest absolute Gasteiger partial charge is 0.309 e. The average Bonchev–Trinajstić information content (AvgIpc) is 4.10. The Balaban J connectivity index is 0.949. The van der Waals surface area contributed by atoms with Crippen LogP contribution in [-0.2, 0) is 0 Å². The van der Waals surface area contributed by atoms with Gasteiger partial charge in [0.25, 0.3) is 0 Å². The van der Waals surface area contributed by atoms with E-state index in [-0.39, 0.29) is 0 Å². The lowest BCUT2D eigenvalue weighted by Crippen LogP contribution is -1.94. The van der Waals surface area contributed by atoms with Crippen LogP contribution in [-0.4, -0.2) is 13.5 Å². The van der Waals surface area contributed by atoms with Crippen LogP contribution in [0.25, 0.3) is 137 Å². The van der Waals surface area contributed by atoms with Crippen molar-refractivity contribution in [3.63, 3.8) is 0 Å². The number of benzene rings is 11. The second kappa shape index (κ2) is 12.9. The Bertz CT molecular complexity index is 4410. The van der Waals surface area contributed by atoms with Gasteiger partial charge < -0.3 is 13.5 Å². The van der Waals surface area contributed by atoms with Crippen LogP contribution >= 0.6 is 0 Å². The summed E-state index contributed by atoms with van der Waals surface area (Å²) in [5.41, 5.74) is 15.9. The van der Waals surface area contributed by atoms with Crippen molar-refractivity contribution in [2.24, 2.45) is 0 Å². The van der Waals surface area contributed by atoms with Crippen molar-refractivity contribution in [3.8, 4) is 33.6 Å². The molecule has 0 N–H and O–H groups in total. The molecule has 0 atom stereocenters. The summed E-state index contributed by atoms with van der Waals surface area (Å²) in [7, 11) is 0. The van der Waals surface area contributed by atoms with E-state index in [0.29, 0.717) is 0 Å². The Morgan fingerprint density at radius 1 is 0.215 bits per heavy atom. The maximum atomic E-state index is 2.48. The molecule has 11 aromatic carbocycles. The molecule has 15 rings (SSSR count). The molecule has 65 heavy (non-hydrogen) atoms. The molecule has 0 aliphatic carbocycles. The minimum absolute atomic E-state index is 1.16. The highest BCUT2D eigenvalue weighted by atomic mass is 15.0. The molecule has 300 valence electrons. The van der Waals surface area contributed by atoms with Crippen LogP contribution in [0, 0.1) is 0 Å². The zero-order chi connectivity index (χ0) is 42.3. The van der Waals surface area contributed by atoms with E-state index in [2.05, 4.69) is 238 Å². The zero-order valence-corrected chi connectivity index (χ0v) is 35.2. The van der Waals surface area contributed by atoms with E-state index in [1.165, 1.54) is 131 Å². The van der Waals surface area contributed by atoms with Gasteiger partial charge in [-0.25, -0.2) is 0 Å². The van der Waals surface area contributed by atoms with Crippen LogP contribution < -0.4 is 0 Å². The normalized spacial score (nSPS) is 12.3. The lowest BCUT2D eigenvalue weighted by atomic mass is 9.85. The molecule has 0 aliphatic rings. The van der Waals surface area contributed by atoms with E-state index in [0.717, 1.165) is 5.69 Å². The minimum Gasteiger partial charge on any atom is -0.309 e. The zero-order valence-electron chi connectivity index (χ0n) is 35.2. The molecule has 4 heterocycles. The number of hydrogen-bond donors (Lipinski definition) is 0. The Hall–Kier alpha value is -8.66. The predicted octanol–water partition coefficient (Wildman–Crippen LogP) is 16.7. The molecule has 0 fully saturated rings. The quantitative estimate of drug-likeness (QED) is 0.157. The Morgan fingerprint density at radius 2 is 0.615 bits per heavy atom. The van der Waals surface area contributed by atoms with E-state index in [9.17, 15) is 0 Å². The Morgan fingerprint density at radius 3 is 1.15 bits per heavy atom. The molecule has 15 aromatic rings. The van der Waals surface area contributed by atoms with E-state index >= 15 is 0 Å². The Labute approximate surface area is 373 Å². The highest BCUT2D eigenvalue weighted by molar-refractivity contribution is 6.25. The monoisotopic (exact) mass is 823 g/mol. The van der Waals surface area contributed by atoms with Crippen LogP contribution in [0.5, 0.6) is 0 Å². The van der Waals surface area contributed by atoms with Gasteiger partial charge >= 0.3 is 0 Å². The molecule has 0 saturated carbocycles. The van der Waals surface area contributed by atoms with Gasteiger partial charge in [0.15, 0.2) is 0 Å². The first-order valence-corrected chi connectivity index (χ1v) is 22.5. The summed E-state index contributed by atoms with van der Waals surface area (Å²) in [4.78, 5) is 0. The molecule has 0 bridgehead atoms. The molecule has 3 heteroatoms. The number of fused-ring (bicyclic) bond motifs is 14. The third-order valence-electron chi connectivity index (χ3n) is 14.3. The van der Waals surface area contributed by atoms with Gasteiger partial charge in [-0.05, 0) is 111 Å². The van der Waals surface area contributed by atoms with Crippen molar-refractivity contribution in [2.75, 3.05) is 0 Å². The number of hydrogen-bond acceptors (Lipinski definition) is 0. The molecule has 0 unspecified atom stereocenters. The van der Waals surface area contributed by atoms with Gasteiger partial charge in [0, 0.05) is 54.5 Å². The number of nitrogens with zero attached hydrogens (tertiary/aromatic N) is 3. The molecule has 4 aromatic heterocycles. The predicted molar refractivity (Wildman–Crippen MR) is 276 cm³/mol. The third kappa shape index (κ3) is 4.68. The third-order valence-corrected chi connectivity index (χ3v) is 14.3. The topological polar surface area (TPSA) is 14.3 Å². The highest BCUT2D eigenvalue weighted by Crippen LogP contribution is 2.47. The number of rotatable bonds is 4. The van der Waals surface area contributed by atoms with Crippen LogP contribution in [0.3, 0.4) is 0 Å². The van der Waals surface area contributed by atoms with Crippen LogP contribution in [0.4, 0.5) is 0 Å². The van der Waals surface area contributed by atoms with E-state index in [1.807, 2.05) is 0 Å². The smallest absolute Gasteiger partial charge is 0.0620 e. The van der Waals surface area contributed by atoms with Gasteiger partial charge in [-0.3, -0.25) is 0 Å². The number of para-hydroxylation sites is 5. The van der Waals surface area contributed by atoms with E-state index < -0.39 is 0 Å². The summed E-state index contributed by atoms with van der Waals surface area (Å²) in [6, 6.07) is 83.3. The van der Waals surface area contributed by atoms with Crippen molar-refractivity contribution in [1.82, 2.24) is 13.5 Å². The molecule has 0 aliphatic heterocycles. The van der Waals surface area contributed by atoms with Crippen LogP contribution in [0.1, 0.15) is 0 Å². The fourth-order valence-corrected chi connectivity index (χ4v) is 11.7. The summed E-state index contributed by atoms with van der Waals surface area (Å²) >= 11 is 0. The van der Waals surface area contributed by atoms with Gasteiger partial charge in [0.05, 0.1) is 38.6 Å². The molecule has 0 saturated heterocycles. The second-order valence-corrected chi connectivity index (χ2v) is 17.6. The maximum absolute atomic E-state index is 2.48. The second-order valence-electron chi connectivity index (χ2n) is 17.6. The molecule has 0 radical (unpaired) electrons. The lowest BCUT2D eigenvalue weighted by Gasteiger charge is -2.18. The van der Waals surface area contributed by atoms with Gasteiger partial charge in [-0.1, -0.05) is 158 Å². The van der Waals surface area contributed by atoms with Gasteiger partial charge in [0.2, 0.25) is 0 Å². The summed E-state index contributed by atoms with van der Waals surface area (Å²) in [6.07, 6.45) is 0. The van der Waals surface area contributed by atoms with Crippen LogP contribution in [0.2, 0.25) is 0 Å². The van der Waals surface area contributed by atoms with Crippen LogP contribution in [0.15, 0.2) is 224 Å². The highest BCUT2D eigenvalue weighted by Gasteiger charge is 2.22. The average molecular weight is 824 g/mol. The van der Waals surface area contributed by atoms with Gasteiger partial charge in [-0.2, -0.15) is 0 Å². The Kier molecular flexibility index (Phi) is 6.95. The standard InChI is InChI=1S/C62H37N3/c1-2-15-40(16-3-1)63-54-26-11-9-18-43(54)52-35-38(29-33-57(52)63)60-46-20-4-6-22-48(46)61(49-23-7-5-21-47(49)60)39-30-34-58-53(36-39)44-19-10-12-27-55(44)64(58)41-31-32-45-51-25-14-24-50-42-17-8-13-28-56(42)65(62(50)51)59(45)37-41/h1-37H. The first-order valence-electron chi connectivity index (χ1n) is 22.5. The molecule has 0 amide bonds. The van der Waals surface area contributed by atoms with E-state index in [1.54, 1.807) is 0 Å². The number of aromatic nitrogens is 3. The summed E-state index contributed by atoms with van der Waals surface area (Å²) in [5, 5.41) is 15.2. The minimum atomic E-state index is 1.16. The van der Waals surface area contributed by atoms with Crippen molar-refractivity contribution in [3.05, 3.63) is 224 Å². The van der Waals surface area contributed by atoms with Crippen molar-refractivity contribution in [2.45, 2.75) is 0 Å². The fourth-order valence-electron chi connectivity index (χ4n) is 11.7. The SMILES string of the molecule is c1ccc(-n2c3ccccc3c3cc(-c4c5ccccc5c(-c5ccc6c(c5)c5ccccc5n6-c5ccc6c7cccc8c9ccccc9n(c6c5)c87)c5ccccc45)ccc32)cc1. The lowest BCUT2D eigenvalue weighted by molar-refractivity contribution is 1.18. The first-order chi connectivity index (χ1) is 32.3.